The number of ether oxygens (including phenoxy) is 1. The molecule has 0 N–H and O–H groups in total. The van der Waals surface area contributed by atoms with Crippen LogP contribution in [0.5, 0.6) is 0 Å². The number of nitrogens with zero attached hydrogens (tertiary/aromatic N) is 1. The molecule has 2 saturated heterocycles. The molecular weight excluding hydrogens is 206 g/mol. The van der Waals surface area contributed by atoms with Crippen LogP contribution < -0.4 is 0 Å². The van der Waals surface area contributed by atoms with E-state index in [-0.39, 0.29) is 11.9 Å². The molecule has 16 heavy (non-hydrogen) atoms. The number of hydrogen-bond acceptors (Lipinski definition) is 3. The lowest BCUT2D eigenvalue weighted by atomic mass is 9.92. The maximum Gasteiger partial charge on any atom is 0.332 e. The highest BCUT2D eigenvalue weighted by molar-refractivity contribution is 5.93. The molecule has 1 amide bonds. The molecule has 0 radical (unpaired) electrons. The van der Waals surface area contributed by atoms with Gasteiger partial charge in [0.25, 0.3) is 0 Å². The Bertz CT molecular complexity index is 361. The molecule has 2 rings (SSSR count). The molecule has 0 unspecified atom stereocenters. The van der Waals surface area contributed by atoms with Crippen LogP contribution in [0.2, 0.25) is 0 Å². The molecule has 4 heteroatoms. The van der Waals surface area contributed by atoms with Gasteiger partial charge in [0.1, 0.15) is 5.54 Å². The maximum atomic E-state index is 12.0. The van der Waals surface area contributed by atoms with E-state index in [9.17, 15) is 9.59 Å². The van der Waals surface area contributed by atoms with Crippen molar-refractivity contribution < 1.29 is 14.3 Å². The molecule has 0 bridgehead atoms. The van der Waals surface area contributed by atoms with Gasteiger partial charge in [0.2, 0.25) is 5.91 Å². The van der Waals surface area contributed by atoms with E-state index >= 15 is 0 Å². The lowest BCUT2D eigenvalue weighted by Crippen LogP contribution is -2.48. The average Bonchev–Trinajstić information content (AvgIpc) is 2.78. The maximum absolute atomic E-state index is 12.0. The first-order chi connectivity index (χ1) is 7.64. The minimum Gasteiger partial charge on any atom is -0.464 e. The lowest BCUT2D eigenvalue weighted by Gasteiger charge is -2.28. The van der Waals surface area contributed by atoms with Crippen molar-refractivity contribution in [3.63, 3.8) is 0 Å². The summed E-state index contributed by atoms with van der Waals surface area (Å²) in [7, 11) is 0. The van der Waals surface area contributed by atoms with E-state index in [1.54, 1.807) is 11.8 Å². The highest BCUT2D eigenvalue weighted by Gasteiger charge is 2.56. The summed E-state index contributed by atoms with van der Waals surface area (Å²) < 4.78 is 5.11. The van der Waals surface area contributed by atoms with Gasteiger partial charge in [-0.05, 0) is 20.3 Å². The normalized spacial score (nSPS) is 31.0. The molecule has 2 aliphatic heterocycles. The molecular formula is C12H17NO3. The summed E-state index contributed by atoms with van der Waals surface area (Å²) in [5, 5.41) is 0. The van der Waals surface area contributed by atoms with Crippen molar-refractivity contribution in [3.8, 4) is 0 Å². The predicted molar refractivity (Wildman–Crippen MR) is 58.7 cm³/mol. The number of hydrogen-bond donors (Lipinski definition) is 0. The van der Waals surface area contributed by atoms with E-state index in [1.807, 2.05) is 13.0 Å². The van der Waals surface area contributed by atoms with E-state index < -0.39 is 5.54 Å². The van der Waals surface area contributed by atoms with Gasteiger partial charge in [-0.3, -0.25) is 4.79 Å². The van der Waals surface area contributed by atoms with E-state index in [1.165, 1.54) is 0 Å². The molecule has 1 atom stereocenters. The summed E-state index contributed by atoms with van der Waals surface area (Å²) in [5.74, 6) is -0.164. The van der Waals surface area contributed by atoms with Crippen molar-refractivity contribution in [1.29, 1.82) is 0 Å². The fourth-order valence-corrected chi connectivity index (χ4v) is 2.62. The molecule has 2 heterocycles. The zero-order chi connectivity index (χ0) is 11.8. The molecule has 0 saturated carbocycles. The Labute approximate surface area is 95.2 Å². The van der Waals surface area contributed by atoms with Gasteiger partial charge in [-0.1, -0.05) is 11.6 Å². The zero-order valence-electron chi connectivity index (χ0n) is 9.78. The number of carbonyl (C=O) groups is 2. The molecule has 0 spiro atoms. The van der Waals surface area contributed by atoms with Crippen LogP contribution in [-0.4, -0.2) is 35.5 Å². The zero-order valence-corrected chi connectivity index (χ0v) is 9.78. The quantitative estimate of drug-likeness (QED) is 0.523. The number of esters is 1. The Morgan fingerprint density at radius 3 is 3.00 bits per heavy atom. The van der Waals surface area contributed by atoms with Gasteiger partial charge < -0.3 is 9.64 Å². The number of fused-ring (bicyclic) bond motifs is 1. The van der Waals surface area contributed by atoms with E-state index in [0.717, 1.165) is 5.57 Å². The van der Waals surface area contributed by atoms with Crippen LogP contribution in [0.1, 0.15) is 33.1 Å². The van der Waals surface area contributed by atoms with Gasteiger partial charge in [-0.25, -0.2) is 4.79 Å². The third kappa shape index (κ3) is 1.44. The summed E-state index contributed by atoms with van der Waals surface area (Å²) in [6.45, 7) is 4.70. The Balaban J connectivity index is 2.29. The second kappa shape index (κ2) is 3.92. The predicted octanol–water partition coefficient (Wildman–Crippen LogP) is 1.26. The second-order valence-corrected chi connectivity index (χ2v) is 4.36. The van der Waals surface area contributed by atoms with E-state index in [2.05, 4.69) is 0 Å². The minimum atomic E-state index is -0.686. The van der Waals surface area contributed by atoms with Gasteiger partial charge in [-0.15, -0.1) is 0 Å². The van der Waals surface area contributed by atoms with Crippen LogP contribution >= 0.6 is 0 Å². The second-order valence-electron chi connectivity index (χ2n) is 4.36. The molecule has 2 fully saturated rings. The Hall–Kier alpha value is -1.32. The summed E-state index contributed by atoms with van der Waals surface area (Å²) in [5.41, 5.74) is 0.468. The van der Waals surface area contributed by atoms with E-state index in [4.69, 9.17) is 4.74 Å². The molecule has 2 aliphatic rings. The fourth-order valence-electron chi connectivity index (χ4n) is 2.62. The summed E-state index contributed by atoms with van der Waals surface area (Å²) in [6.07, 6.45) is 3.71. The van der Waals surface area contributed by atoms with Crippen LogP contribution in [0.3, 0.4) is 0 Å². The molecule has 0 aromatic heterocycles. The summed E-state index contributed by atoms with van der Waals surface area (Å²) in [4.78, 5) is 25.4. The largest absolute Gasteiger partial charge is 0.464 e. The average molecular weight is 223 g/mol. The minimum absolute atomic E-state index is 0.0740. The van der Waals surface area contributed by atoms with Crippen molar-refractivity contribution in [1.82, 2.24) is 4.90 Å². The number of carbonyl (C=O) groups excluding carboxylic acids is 2. The summed E-state index contributed by atoms with van der Waals surface area (Å²) >= 11 is 0. The van der Waals surface area contributed by atoms with Crippen LogP contribution in [0.15, 0.2) is 11.6 Å². The first-order valence-electron chi connectivity index (χ1n) is 5.76. The van der Waals surface area contributed by atoms with Crippen molar-refractivity contribution >= 4 is 11.9 Å². The highest BCUT2D eigenvalue weighted by Crippen LogP contribution is 2.42. The standard InChI is InChI=1S/C12H17NO3/c1-3-9-7-12(11(15)16-4-2)6-5-10(14)13(12)8-9/h3H,4-8H2,1-2H3/b9-3-/t12-/m0/s1. The Morgan fingerprint density at radius 2 is 2.38 bits per heavy atom. The number of rotatable bonds is 2. The van der Waals surface area contributed by atoms with Gasteiger partial charge in [0, 0.05) is 19.4 Å². The smallest absolute Gasteiger partial charge is 0.332 e. The first kappa shape index (κ1) is 11.2. The van der Waals surface area contributed by atoms with Gasteiger partial charge in [0.15, 0.2) is 0 Å². The van der Waals surface area contributed by atoms with Gasteiger partial charge in [0.05, 0.1) is 6.61 Å². The SMILES string of the molecule is C/C=C1\CN2C(=O)CC[C@@]2(C(=O)OCC)C1. The highest BCUT2D eigenvalue weighted by atomic mass is 16.5. The van der Waals surface area contributed by atoms with Crippen molar-refractivity contribution in [2.75, 3.05) is 13.2 Å². The number of allylic oxidation sites excluding steroid dienone is 1. The van der Waals surface area contributed by atoms with Gasteiger partial charge in [-0.2, -0.15) is 0 Å². The molecule has 0 aromatic carbocycles. The van der Waals surface area contributed by atoms with Crippen LogP contribution in [0.4, 0.5) is 0 Å². The third-order valence-corrected chi connectivity index (χ3v) is 3.51. The number of amides is 1. The van der Waals surface area contributed by atoms with Crippen LogP contribution in [-0.2, 0) is 14.3 Å². The van der Waals surface area contributed by atoms with E-state index in [0.29, 0.717) is 32.4 Å². The van der Waals surface area contributed by atoms with Gasteiger partial charge >= 0.3 is 5.97 Å². The Morgan fingerprint density at radius 1 is 1.62 bits per heavy atom. The van der Waals surface area contributed by atoms with Crippen molar-refractivity contribution in [3.05, 3.63) is 11.6 Å². The molecule has 0 aliphatic carbocycles. The van der Waals surface area contributed by atoms with Crippen LogP contribution in [0.25, 0.3) is 0 Å². The first-order valence-corrected chi connectivity index (χ1v) is 5.76. The van der Waals surface area contributed by atoms with Crippen LogP contribution in [0, 0.1) is 0 Å². The monoisotopic (exact) mass is 223 g/mol. The van der Waals surface area contributed by atoms with Crippen molar-refractivity contribution in [2.24, 2.45) is 0 Å². The lowest BCUT2D eigenvalue weighted by molar-refractivity contribution is -0.157. The summed E-state index contributed by atoms with van der Waals surface area (Å²) in [6, 6.07) is 0. The molecule has 0 aromatic rings. The Kier molecular flexibility index (Phi) is 2.74. The topological polar surface area (TPSA) is 46.6 Å². The molecule has 4 nitrogen and oxygen atoms in total. The van der Waals surface area contributed by atoms with Crippen molar-refractivity contribution in [2.45, 2.75) is 38.6 Å². The molecule has 88 valence electrons. The fraction of sp³-hybridized carbons (Fsp3) is 0.667. The third-order valence-electron chi connectivity index (χ3n) is 3.51.